The Bertz CT molecular complexity index is 951. The summed E-state index contributed by atoms with van der Waals surface area (Å²) in [6.07, 6.45) is 1.07. The van der Waals surface area contributed by atoms with E-state index < -0.39 is 0 Å². The summed E-state index contributed by atoms with van der Waals surface area (Å²) in [4.78, 5) is 12.5. The molecule has 0 fully saturated rings. The normalized spacial score (nSPS) is 12.2. The minimum absolute atomic E-state index is 0.00864. The minimum atomic E-state index is -0.0323. The van der Waals surface area contributed by atoms with Crippen LogP contribution in [0.1, 0.15) is 44.9 Å². The van der Waals surface area contributed by atoms with Crippen molar-refractivity contribution >= 4 is 17.7 Å². The molecule has 1 heterocycles. The van der Waals surface area contributed by atoms with Crippen LogP contribution in [-0.2, 0) is 17.8 Å². The van der Waals surface area contributed by atoms with E-state index in [1.54, 1.807) is 0 Å². The van der Waals surface area contributed by atoms with Gasteiger partial charge in [0.2, 0.25) is 5.91 Å². The number of hydrogen-bond donors (Lipinski definition) is 1. The predicted octanol–water partition coefficient (Wildman–Crippen LogP) is 5.13. The average molecular weight is 423 g/mol. The summed E-state index contributed by atoms with van der Waals surface area (Å²) in [6.45, 7) is 9.26. The number of rotatable bonds is 9. The molecule has 1 amide bonds. The number of benzene rings is 2. The maximum atomic E-state index is 12.5. The molecule has 1 atom stereocenters. The number of nitrogens with one attached hydrogen (secondary N) is 1. The van der Waals surface area contributed by atoms with Gasteiger partial charge in [-0.05, 0) is 37.3 Å². The van der Waals surface area contributed by atoms with Gasteiger partial charge in [-0.1, -0.05) is 80.2 Å². The Morgan fingerprint density at radius 3 is 2.37 bits per heavy atom. The van der Waals surface area contributed by atoms with Crippen molar-refractivity contribution in [3.63, 3.8) is 0 Å². The summed E-state index contributed by atoms with van der Waals surface area (Å²) in [5.74, 6) is 1.77. The largest absolute Gasteiger partial charge is 0.349 e. The van der Waals surface area contributed by atoms with Gasteiger partial charge in [0.1, 0.15) is 0 Å². The third kappa shape index (κ3) is 5.72. The highest BCUT2D eigenvalue weighted by Crippen LogP contribution is 2.24. The zero-order valence-corrected chi connectivity index (χ0v) is 18.9. The number of hydrogen-bond acceptors (Lipinski definition) is 4. The highest BCUT2D eigenvalue weighted by Gasteiger charge is 2.15. The molecule has 3 aromatic rings. The fraction of sp³-hybridized carbons (Fsp3) is 0.375. The molecule has 0 saturated carbocycles. The predicted molar refractivity (Wildman–Crippen MR) is 123 cm³/mol. The summed E-state index contributed by atoms with van der Waals surface area (Å²) in [5, 5.41) is 12.5. The number of aromatic nitrogens is 3. The molecule has 1 unspecified atom stereocenters. The monoisotopic (exact) mass is 422 g/mol. The van der Waals surface area contributed by atoms with Gasteiger partial charge in [0.05, 0.1) is 11.8 Å². The fourth-order valence-electron chi connectivity index (χ4n) is 3.39. The van der Waals surface area contributed by atoms with Crippen LogP contribution < -0.4 is 5.32 Å². The van der Waals surface area contributed by atoms with Gasteiger partial charge in [-0.15, -0.1) is 10.2 Å². The summed E-state index contributed by atoms with van der Waals surface area (Å²) >= 11 is 1.42. The quantitative estimate of drug-likeness (QED) is 0.486. The van der Waals surface area contributed by atoms with Gasteiger partial charge in [0.25, 0.3) is 0 Å². The molecular formula is C24H30N4OS. The first kappa shape index (κ1) is 22.1. The third-order valence-electron chi connectivity index (χ3n) is 4.90. The van der Waals surface area contributed by atoms with Crippen LogP contribution in [0, 0.1) is 5.92 Å². The van der Waals surface area contributed by atoms with E-state index >= 15 is 0 Å². The van der Waals surface area contributed by atoms with Crippen molar-refractivity contribution in [1.82, 2.24) is 20.1 Å². The van der Waals surface area contributed by atoms with E-state index in [4.69, 9.17) is 0 Å². The van der Waals surface area contributed by atoms with Gasteiger partial charge in [-0.3, -0.25) is 4.79 Å². The molecule has 2 aromatic carbocycles. The van der Waals surface area contributed by atoms with E-state index in [1.807, 2.05) is 41.8 Å². The molecule has 158 valence electrons. The van der Waals surface area contributed by atoms with Gasteiger partial charge in [0, 0.05) is 12.1 Å². The van der Waals surface area contributed by atoms with Gasteiger partial charge in [0.15, 0.2) is 11.0 Å². The Balaban J connectivity index is 1.57. The maximum absolute atomic E-state index is 12.5. The molecule has 0 spiro atoms. The molecule has 0 bridgehead atoms. The number of carbonyl (C=O) groups excluding carboxylic acids is 1. The van der Waals surface area contributed by atoms with Crippen molar-refractivity contribution < 1.29 is 4.79 Å². The van der Waals surface area contributed by atoms with Crippen molar-refractivity contribution in [1.29, 1.82) is 0 Å². The number of amides is 1. The molecule has 0 radical (unpaired) electrons. The van der Waals surface area contributed by atoms with E-state index in [-0.39, 0.29) is 11.9 Å². The van der Waals surface area contributed by atoms with Crippen molar-refractivity contribution in [3.8, 4) is 11.4 Å². The number of nitrogens with zero attached hydrogens (tertiary/aromatic N) is 3. The Morgan fingerprint density at radius 2 is 1.73 bits per heavy atom. The second kappa shape index (κ2) is 10.4. The fourth-order valence-corrected chi connectivity index (χ4v) is 4.21. The van der Waals surface area contributed by atoms with Crippen molar-refractivity contribution in [2.45, 2.75) is 51.9 Å². The van der Waals surface area contributed by atoms with Crippen molar-refractivity contribution in [2.24, 2.45) is 5.92 Å². The Hall–Kier alpha value is -2.60. The first-order chi connectivity index (χ1) is 14.5. The summed E-state index contributed by atoms with van der Waals surface area (Å²) in [5.41, 5.74) is 3.47. The highest BCUT2D eigenvalue weighted by molar-refractivity contribution is 7.99. The molecule has 0 saturated heterocycles. The van der Waals surface area contributed by atoms with Crippen LogP contribution in [0.2, 0.25) is 0 Å². The first-order valence-electron chi connectivity index (χ1n) is 10.5. The lowest BCUT2D eigenvalue weighted by Gasteiger charge is -2.15. The Morgan fingerprint density at radius 1 is 1.03 bits per heavy atom. The van der Waals surface area contributed by atoms with Crippen LogP contribution in [0.5, 0.6) is 0 Å². The van der Waals surface area contributed by atoms with Crippen LogP contribution in [0.15, 0.2) is 59.8 Å². The molecule has 0 aliphatic carbocycles. The lowest BCUT2D eigenvalue weighted by molar-refractivity contribution is -0.119. The summed E-state index contributed by atoms with van der Waals surface area (Å²) < 4.78 is 2.05. The SMILES string of the molecule is CCn1c(SCC(=O)NC(C)c2ccc(CC(C)C)cc2)nnc1-c1ccccc1. The van der Waals surface area contributed by atoms with Crippen LogP contribution in [-0.4, -0.2) is 26.4 Å². The topological polar surface area (TPSA) is 59.8 Å². The Labute approximate surface area is 183 Å². The second-order valence-electron chi connectivity index (χ2n) is 7.83. The third-order valence-corrected chi connectivity index (χ3v) is 5.87. The molecule has 5 nitrogen and oxygen atoms in total. The van der Waals surface area contributed by atoms with E-state index in [1.165, 1.54) is 17.3 Å². The lowest BCUT2D eigenvalue weighted by atomic mass is 10.00. The zero-order valence-electron chi connectivity index (χ0n) is 18.1. The second-order valence-corrected chi connectivity index (χ2v) is 8.78. The van der Waals surface area contributed by atoms with E-state index in [0.29, 0.717) is 11.7 Å². The molecule has 0 aliphatic heterocycles. The summed E-state index contributed by atoms with van der Waals surface area (Å²) in [7, 11) is 0. The molecule has 6 heteroatoms. The van der Waals surface area contributed by atoms with Crippen LogP contribution in [0.4, 0.5) is 0 Å². The highest BCUT2D eigenvalue weighted by atomic mass is 32.2. The van der Waals surface area contributed by atoms with Crippen molar-refractivity contribution in [2.75, 3.05) is 5.75 Å². The summed E-state index contributed by atoms with van der Waals surface area (Å²) in [6, 6.07) is 18.5. The van der Waals surface area contributed by atoms with E-state index in [2.05, 4.69) is 60.6 Å². The molecule has 1 N–H and O–H groups in total. The van der Waals surface area contributed by atoms with Crippen molar-refractivity contribution in [3.05, 3.63) is 65.7 Å². The maximum Gasteiger partial charge on any atom is 0.230 e. The molecular weight excluding hydrogens is 392 g/mol. The molecule has 1 aromatic heterocycles. The average Bonchev–Trinajstić information content (AvgIpc) is 3.16. The smallest absolute Gasteiger partial charge is 0.230 e. The number of carbonyl (C=O) groups is 1. The van der Waals surface area contributed by atoms with Gasteiger partial charge >= 0.3 is 0 Å². The molecule has 30 heavy (non-hydrogen) atoms. The van der Waals surface area contributed by atoms with Gasteiger partial charge < -0.3 is 9.88 Å². The van der Waals surface area contributed by atoms with Crippen LogP contribution >= 0.6 is 11.8 Å². The molecule has 0 aliphatic rings. The Kier molecular flexibility index (Phi) is 7.69. The van der Waals surface area contributed by atoms with E-state index in [9.17, 15) is 4.79 Å². The lowest BCUT2D eigenvalue weighted by Crippen LogP contribution is -2.28. The molecule has 3 rings (SSSR count). The van der Waals surface area contributed by atoms with Gasteiger partial charge in [-0.25, -0.2) is 0 Å². The first-order valence-corrected chi connectivity index (χ1v) is 11.5. The van der Waals surface area contributed by atoms with Gasteiger partial charge in [-0.2, -0.15) is 0 Å². The minimum Gasteiger partial charge on any atom is -0.349 e. The zero-order chi connectivity index (χ0) is 21.5. The standard InChI is InChI=1S/C24H30N4OS/c1-5-28-23(21-9-7-6-8-10-21)26-27-24(28)30-16-22(29)25-18(4)20-13-11-19(12-14-20)15-17(2)3/h6-14,17-18H,5,15-16H2,1-4H3,(H,25,29). The van der Waals surface area contributed by atoms with Crippen LogP contribution in [0.3, 0.4) is 0 Å². The van der Waals surface area contributed by atoms with E-state index in [0.717, 1.165) is 35.1 Å². The van der Waals surface area contributed by atoms with Crippen LogP contribution in [0.25, 0.3) is 11.4 Å². The number of thioether (sulfide) groups is 1.